The Morgan fingerprint density at radius 1 is 1.33 bits per heavy atom. The molecule has 0 spiro atoms. The van der Waals surface area contributed by atoms with Crippen LogP contribution in [0.1, 0.15) is 71.1 Å². The van der Waals surface area contributed by atoms with Crippen LogP contribution < -0.4 is 10.2 Å². The molecule has 1 aliphatic heterocycles. The Kier molecular flexibility index (Phi) is 5.26. The van der Waals surface area contributed by atoms with Crippen LogP contribution in [0.2, 0.25) is 0 Å². The first-order chi connectivity index (χ1) is 9.94. The first-order valence-corrected chi connectivity index (χ1v) is 8.43. The summed E-state index contributed by atoms with van der Waals surface area (Å²) in [6.07, 6.45) is 3.70. The predicted octanol–water partition coefficient (Wildman–Crippen LogP) is 4.08. The van der Waals surface area contributed by atoms with E-state index in [0.717, 1.165) is 25.5 Å². The lowest BCUT2D eigenvalue weighted by Gasteiger charge is -2.33. The Bertz CT molecular complexity index is 466. The van der Waals surface area contributed by atoms with Gasteiger partial charge in [-0.2, -0.15) is 0 Å². The Morgan fingerprint density at radius 3 is 2.67 bits per heavy atom. The van der Waals surface area contributed by atoms with Gasteiger partial charge in [0.15, 0.2) is 0 Å². The molecule has 0 aliphatic carbocycles. The van der Waals surface area contributed by atoms with Crippen molar-refractivity contribution in [2.45, 2.75) is 71.9 Å². The van der Waals surface area contributed by atoms with Crippen molar-refractivity contribution in [1.82, 2.24) is 10.3 Å². The lowest BCUT2D eigenvalue weighted by molar-refractivity contribution is 0.513. The fraction of sp³-hybridized carbons (Fsp3) is 0.722. The van der Waals surface area contributed by atoms with Crippen molar-refractivity contribution < 1.29 is 0 Å². The van der Waals surface area contributed by atoms with Gasteiger partial charge in [0, 0.05) is 24.3 Å². The molecule has 1 N–H and O–H groups in total. The molecular formula is C18H31N3. The molecule has 118 valence electrons. The summed E-state index contributed by atoms with van der Waals surface area (Å²) in [6, 6.07) is 4.54. The van der Waals surface area contributed by atoms with Crippen molar-refractivity contribution in [3.8, 4) is 0 Å². The molecule has 1 aromatic rings. The molecule has 0 unspecified atom stereocenters. The molecule has 0 bridgehead atoms. The van der Waals surface area contributed by atoms with Crippen LogP contribution in [0.5, 0.6) is 0 Å². The van der Waals surface area contributed by atoms with Gasteiger partial charge in [0.25, 0.3) is 0 Å². The highest BCUT2D eigenvalue weighted by Gasteiger charge is 2.33. The SMILES string of the molecule is CCCNCc1cc(C(C)C)nc(N2CCCC2(C)C)c1. The molecule has 1 fully saturated rings. The summed E-state index contributed by atoms with van der Waals surface area (Å²) in [5, 5.41) is 3.51. The normalized spacial score (nSPS) is 17.7. The highest BCUT2D eigenvalue weighted by Crippen LogP contribution is 2.33. The summed E-state index contributed by atoms with van der Waals surface area (Å²) in [4.78, 5) is 7.43. The predicted molar refractivity (Wildman–Crippen MR) is 91.0 cm³/mol. The van der Waals surface area contributed by atoms with Gasteiger partial charge in [-0.25, -0.2) is 4.98 Å². The van der Waals surface area contributed by atoms with Gasteiger partial charge in [0.05, 0.1) is 0 Å². The van der Waals surface area contributed by atoms with Crippen molar-refractivity contribution in [1.29, 1.82) is 0 Å². The fourth-order valence-electron chi connectivity index (χ4n) is 3.07. The molecular weight excluding hydrogens is 258 g/mol. The number of hydrogen-bond donors (Lipinski definition) is 1. The van der Waals surface area contributed by atoms with Crippen LogP contribution >= 0.6 is 0 Å². The lowest BCUT2D eigenvalue weighted by Crippen LogP contribution is -2.39. The van der Waals surface area contributed by atoms with Crippen molar-refractivity contribution in [3.63, 3.8) is 0 Å². The zero-order valence-electron chi connectivity index (χ0n) is 14.4. The minimum absolute atomic E-state index is 0.233. The third-order valence-corrected chi connectivity index (χ3v) is 4.42. The highest BCUT2D eigenvalue weighted by atomic mass is 15.3. The molecule has 1 aromatic heterocycles. The first kappa shape index (κ1) is 16.3. The molecule has 21 heavy (non-hydrogen) atoms. The van der Waals surface area contributed by atoms with Gasteiger partial charge >= 0.3 is 0 Å². The van der Waals surface area contributed by atoms with E-state index in [0.29, 0.717) is 5.92 Å². The van der Waals surface area contributed by atoms with E-state index in [2.05, 4.69) is 57.0 Å². The Labute approximate surface area is 130 Å². The van der Waals surface area contributed by atoms with E-state index in [1.807, 2.05) is 0 Å². The van der Waals surface area contributed by atoms with Crippen molar-refractivity contribution in [3.05, 3.63) is 23.4 Å². The Balaban J connectivity index is 2.27. The van der Waals surface area contributed by atoms with Gasteiger partial charge in [-0.05, 0) is 63.3 Å². The van der Waals surface area contributed by atoms with Crippen LogP contribution in [0.15, 0.2) is 12.1 Å². The lowest BCUT2D eigenvalue weighted by atomic mass is 10.0. The van der Waals surface area contributed by atoms with Crippen molar-refractivity contribution in [2.75, 3.05) is 18.0 Å². The maximum Gasteiger partial charge on any atom is 0.129 e. The summed E-state index contributed by atoms with van der Waals surface area (Å²) < 4.78 is 0. The molecule has 0 radical (unpaired) electrons. The third-order valence-electron chi connectivity index (χ3n) is 4.42. The van der Waals surface area contributed by atoms with Gasteiger partial charge in [0.1, 0.15) is 5.82 Å². The summed E-state index contributed by atoms with van der Waals surface area (Å²) in [5.41, 5.74) is 2.81. The average Bonchev–Trinajstić information content (AvgIpc) is 2.78. The van der Waals surface area contributed by atoms with Gasteiger partial charge < -0.3 is 10.2 Å². The summed E-state index contributed by atoms with van der Waals surface area (Å²) >= 11 is 0. The van der Waals surface area contributed by atoms with Gasteiger partial charge in [-0.3, -0.25) is 0 Å². The number of pyridine rings is 1. The number of aromatic nitrogens is 1. The smallest absolute Gasteiger partial charge is 0.129 e. The summed E-state index contributed by atoms with van der Waals surface area (Å²) in [7, 11) is 0. The minimum atomic E-state index is 0.233. The van der Waals surface area contributed by atoms with E-state index in [4.69, 9.17) is 4.98 Å². The molecule has 0 aromatic carbocycles. The molecule has 3 heteroatoms. The largest absolute Gasteiger partial charge is 0.351 e. The second-order valence-corrected chi connectivity index (χ2v) is 7.16. The third kappa shape index (κ3) is 3.97. The van der Waals surface area contributed by atoms with Crippen molar-refractivity contribution in [2.24, 2.45) is 0 Å². The van der Waals surface area contributed by atoms with E-state index in [1.165, 1.54) is 30.5 Å². The van der Waals surface area contributed by atoms with Crippen LogP contribution in [-0.2, 0) is 6.54 Å². The maximum absolute atomic E-state index is 4.94. The zero-order chi connectivity index (χ0) is 15.5. The molecule has 0 amide bonds. The molecule has 0 saturated carbocycles. The quantitative estimate of drug-likeness (QED) is 0.800. The van der Waals surface area contributed by atoms with Crippen LogP contribution in [-0.4, -0.2) is 23.6 Å². The number of rotatable bonds is 6. The van der Waals surface area contributed by atoms with E-state index in [1.54, 1.807) is 0 Å². The average molecular weight is 289 g/mol. The standard InChI is InChI=1S/C18H31N3/c1-6-9-19-13-15-11-16(14(2)3)20-17(12-15)21-10-7-8-18(21,4)5/h11-12,14,19H,6-10,13H2,1-5H3. The molecule has 2 rings (SSSR count). The monoisotopic (exact) mass is 289 g/mol. The first-order valence-electron chi connectivity index (χ1n) is 8.43. The van der Waals surface area contributed by atoms with E-state index >= 15 is 0 Å². The van der Waals surface area contributed by atoms with Crippen LogP contribution in [0.4, 0.5) is 5.82 Å². The van der Waals surface area contributed by atoms with E-state index in [9.17, 15) is 0 Å². The second-order valence-electron chi connectivity index (χ2n) is 7.16. The van der Waals surface area contributed by atoms with E-state index in [-0.39, 0.29) is 5.54 Å². The zero-order valence-corrected chi connectivity index (χ0v) is 14.4. The van der Waals surface area contributed by atoms with Crippen LogP contribution in [0.25, 0.3) is 0 Å². The summed E-state index contributed by atoms with van der Waals surface area (Å²) in [5.74, 6) is 1.64. The fourth-order valence-corrected chi connectivity index (χ4v) is 3.07. The van der Waals surface area contributed by atoms with E-state index < -0.39 is 0 Å². The molecule has 1 saturated heterocycles. The molecule has 3 nitrogen and oxygen atoms in total. The Hall–Kier alpha value is -1.09. The maximum atomic E-state index is 4.94. The summed E-state index contributed by atoms with van der Waals surface area (Å²) in [6.45, 7) is 14.5. The Morgan fingerprint density at radius 2 is 2.10 bits per heavy atom. The topological polar surface area (TPSA) is 28.2 Å². The number of nitrogens with zero attached hydrogens (tertiary/aromatic N) is 2. The van der Waals surface area contributed by atoms with Crippen LogP contribution in [0, 0.1) is 0 Å². The van der Waals surface area contributed by atoms with Gasteiger partial charge in [-0.15, -0.1) is 0 Å². The molecule has 2 heterocycles. The van der Waals surface area contributed by atoms with Crippen LogP contribution in [0.3, 0.4) is 0 Å². The minimum Gasteiger partial charge on any atom is -0.351 e. The van der Waals surface area contributed by atoms with Crippen molar-refractivity contribution >= 4 is 5.82 Å². The number of nitrogens with one attached hydrogen (secondary N) is 1. The molecule has 0 atom stereocenters. The second kappa shape index (κ2) is 6.78. The number of hydrogen-bond acceptors (Lipinski definition) is 3. The molecule has 1 aliphatic rings. The highest BCUT2D eigenvalue weighted by molar-refractivity contribution is 5.47. The number of anilines is 1. The van der Waals surface area contributed by atoms with Gasteiger partial charge in [0.2, 0.25) is 0 Å². The van der Waals surface area contributed by atoms with Gasteiger partial charge in [-0.1, -0.05) is 20.8 Å².